The van der Waals surface area contributed by atoms with Crippen molar-refractivity contribution < 1.29 is 4.39 Å². The lowest BCUT2D eigenvalue weighted by molar-refractivity contribution is 0.228. The summed E-state index contributed by atoms with van der Waals surface area (Å²) in [5.74, 6) is 0.496. The number of nitrogens with zero attached hydrogens (tertiary/aromatic N) is 5. The summed E-state index contributed by atoms with van der Waals surface area (Å²) in [7, 11) is 0. The van der Waals surface area contributed by atoms with Crippen molar-refractivity contribution in [2.75, 3.05) is 5.73 Å². The topological polar surface area (TPSA) is 93.5 Å². The highest BCUT2D eigenvalue weighted by Gasteiger charge is 2.30. The van der Waals surface area contributed by atoms with Gasteiger partial charge in [-0.2, -0.15) is 0 Å². The molecule has 0 atom stereocenters. The highest BCUT2D eigenvalue weighted by Crippen LogP contribution is 2.31. The summed E-state index contributed by atoms with van der Waals surface area (Å²) in [6.45, 7) is 24.3. The van der Waals surface area contributed by atoms with E-state index >= 15 is 0 Å². The van der Waals surface area contributed by atoms with Gasteiger partial charge in [-0.1, -0.05) is 41.2 Å². The summed E-state index contributed by atoms with van der Waals surface area (Å²) >= 11 is 0. The van der Waals surface area contributed by atoms with E-state index in [1.54, 1.807) is 6.07 Å². The Morgan fingerprint density at radius 3 is 2.22 bits per heavy atom. The van der Waals surface area contributed by atoms with Gasteiger partial charge < -0.3 is 11.1 Å². The molecule has 7 nitrogen and oxygen atoms in total. The summed E-state index contributed by atoms with van der Waals surface area (Å²) in [4.78, 5) is 12.8. The number of aliphatic imine (C=N–C) groups is 1. The number of hydrogen-bond acceptors (Lipinski definition) is 6. The van der Waals surface area contributed by atoms with Gasteiger partial charge in [-0.15, -0.1) is 5.10 Å². The first-order valence-electron chi connectivity index (χ1n) is 13.0. The van der Waals surface area contributed by atoms with Gasteiger partial charge in [-0.25, -0.2) is 13.9 Å². The van der Waals surface area contributed by atoms with Crippen LogP contribution in [0.1, 0.15) is 87.3 Å². The molecule has 0 amide bonds. The van der Waals surface area contributed by atoms with Gasteiger partial charge in [0.05, 0.1) is 40.5 Å². The Hall–Kier alpha value is -3.29. The van der Waals surface area contributed by atoms with Crippen LogP contribution in [0.2, 0.25) is 0 Å². The Morgan fingerprint density at radius 2 is 1.78 bits per heavy atom. The fraction of sp³-hybridized carbons (Fsp3) is 0.517. The molecule has 0 bridgehead atoms. The molecule has 204 valence electrons. The van der Waals surface area contributed by atoms with E-state index in [0.29, 0.717) is 22.3 Å². The molecule has 0 aliphatic heterocycles. The van der Waals surface area contributed by atoms with E-state index in [4.69, 9.17) is 5.73 Å². The summed E-state index contributed by atoms with van der Waals surface area (Å²) < 4.78 is 15.6. The number of aryl methyl sites for hydroxylation is 1. The monoisotopic (exact) mass is 511 g/mol. The number of aromatic nitrogens is 4. The molecule has 1 aliphatic rings. The molecule has 3 aromatic heterocycles. The summed E-state index contributed by atoms with van der Waals surface area (Å²) in [5.41, 5.74) is 10.8. The average molecular weight is 512 g/mol. The molecule has 8 heteroatoms. The van der Waals surface area contributed by atoms with Crippen LogP contribution in [-0.2, 0) is 0 Å². The molecule has 3 N–H and O–H groups in total. The number of nitrogens with two attached hydrogens (primary N) is 1. The second kappa shape index (κ2) is 14.4. The van der Waals surface area contributed by atoms with Crippen molar-refractivity contribution in [2.24, 2.45) is 10.9 Å². The Labute approximate surface area is 222 Å². The molecule has 3 aromatic rings. The predicted molar refractivity (Wildman–Crippen MR) is 156 cm³/mol. The third-order valence-electron chi connectivity index (χ3n) is 5.14. The number of fused-ring (bicyclic) bond motifs is 1. The number of anilines is 1. The van der Waals surface area contributed by atoms with E-state index in [9.17, 15) is 4.39 Å². The highest BCUT2D eigenvalue weighted by molar-refractivity contribution is 5.83. The molecule has 1 saturated carbocycles. The third kappa shape index (κ3) is 9.94. The zero-order valence-electron chi connectivity index (χ0n) is 24.4. The maximum atomic E-state index is 14.3. The van der Waals surface area contributed by atoms with Crippen LogP contribution >= 0.6 is 0 Å². The molecular formula is C29H46FN7. The van der Waals surface area contributed by atoms with Crippen LogP contribution in [0.4, 0.5) is 16.0 Å². The Kier molecular flexibility index (Phi) is 12.4. The maximum absolute atomic E-state index is 14.3. The van der Waals surface area contributed by atoms with Crippen molar-refractivity contribution in [1.82, 2.24) is 24.9 Å². The first-order valence-corrected chi connectivity index (χ1v) is 13.0. The van der Waals surface area contributed by atoms with E-state index in [2.05, 4.69) is 59.6 Å². The van der Waals surface area contributed by atoms with E-state index in [1.165, 1.54) is 36.2 Å². The largest absolute Gasteiger partial charge is 0.384 e. The molecule has 1 aliphatic carbocycles. The Bertz CT molecular complexity index is 1180. The van der Waals surface area contributed by atoms with Gasteiger partial charge in [0.15, 0.2) is 5.82 Å². The molecule has 1 fully saturated rings. The summed E-state index contributed by atoms with van der Waals surface area (Å²) in [6.07, 6.45) is 6.73. The molecule has 37 heavy (non-hydrogen) atoms. The lowest BCUT2D eigenvalue weighted by Crippen LogP contribution is -2.46. The second-order valence-corrected chi connectivity index (χ2v) is 10.2. The molecule has 0 saturated heterocycles. The average Bonchev–Trinajstić information content (AvgIpc) is 3.09. The van der Waals surface area contributed by atoms with Crippen LogP contribution in [-0.4, -0.2) is 30.8 Å². The van der Waals surface area contributed by atoms with Crippen molar-refractivity contribution in [3.63, 3.8) is 0 Å². The molecule has 3 heterocycles. The number of nitrogen functional groups attached to an aromatic ring is 1. The normalized spacial score (nSPS) is 13.1. The van der Waals surface area contributed by atoms with Crippen molar-refractivity contribution in [3.8, 4) is 11.3 Å². The van der Waals surface area contributed by atoms with Crippen LogP contribution in [0, 0.1) is 18.7 Å². The van der Waals surface area contributed by atoms with Crippen molar-refractivity contribution in [3.05, 3.63) is 48.3 Å². The molecule has 0 radical (unpaired) electrons. The fourth-order valence-corrected chi connectivity index (χ4v) is 3.60. The van der Waals surface area contributed by atoms with E-state index < -0.39 is 5.82 Å². The van der Waals surface area contributed by atoms with Crippen molar-refractivity contribution in [1.29, 1.82) is 0 Å². The van der Waals surface area contributed by atoms with Crippen LogP contribution in [0.25, 0.3) is 16.8 Å². The standard InChI is InChI=1S/C15H15FN6.C8H15N.C4H10.C2H6/c1-8(2)19-11-4-5-12(20-9(11)3)14-10(16)7-22-13(14)6-18-15(17)21-22;1-7(2)9-8(3)5-4-6-8;1-4(2)3;1-2/h4-7H,1-3H3,(H2,17,21);9H,1,4-6H2,2-3H3;4H,1-3H3;1-2H3. The number of nitrogens with one attached hydrogen (secondary N) is 1. The van der Waals surface area contributed by atoms with Crippen molar-refractivity contribution >= 4 is 22.9 Å². The van der Waals surface area contributed by atoms with Gasteiger partial charge in [-0.05, 0) is 71.9 Å². The number of allylic oxidation sites excluding steroid dienone is 1. The summed E-state index contributed by atoms with van der Waals surface area (Å²) in [6, 6.07) is 3.56. The maximum Gasteiger partial charge on any atom is 0.238 e. The van der Waals surface area contributed by atoms with E-state index in [1.807, 2.05) is 47.6 Å². The minimum Gasteiger partial charge on any atom is -0.384 e. The van der Waals surface area contributed by atoms with Crippen LogP contribution in [0.5, 0.6) is 0 Å². The smallest absolute Gasteiger partial charge is 0.238 e. The first-order chi connectivity index (χ1) is 17.3. The van der Waals surface area contributed by atoms with Crippen LogP contribution < -0.4 is 11.1 Å². The fourth-order valence-electron chi connectivity index (χ4n) is 3.60. The van der Waals surface area contributed by atoms with Gasteiger partial charge in [0.2, 0.25) is 5.95 Å². The third-order valence-corrected chi connectivity index (χ3v) is 5.14. The first kappa shape index (κ1) is 31.7. The van der Waals surface area contributed by atoms with Gasteiger partial charge in [0.1, 0.15) is 0 Å². The van der Waals surface area contributed by atoms with Gasteiger partial charge >= 0.3 is 0 Å². The number of hydrogen-bond donors (Lipinski definition) is 2. The molecular weight excluding hydrogens is 465 g/mol. The minimum absolute atomic E-state index is 0.0845. The molecule has 0 aromatic carbocycles. The van der Waals surface area contributed by atoms with E-state index in [0.717, 1.165) is 28.7 Å². The summed E-state index contributed by atoms with van der Waals surface area (Å²) in [5, 5.41) is 7.32. The predicted octanol–water partition coefficient (Wildman–Crippen LogP) is 7.67. The van der Waals surface area contributed by atoms with Gasteiger partial charge in [0.25, 0.3) is 0 Å². The SMILES string of the molecule is C=C(C)NC1(C)CCC1.CC.CC(C)=Nc1ccc(-c2c(F)cn3nc(N)ncc23)nc1C.CC(C)C. The Morgan fingerprint density at radius 1 is 1.19 bits per heavy atom. The minimum atomic E-state index is -0.422. The van der Waals surface area contributed by atoms with Crippen molar-refractivity contribution in [2.45, 2.75) is 94.0 Å². The number of rotatable bonds is 4. The zero-order chi connectivity index (χ0) is 28.3. The Balaban J connectivity index is 0.000000378. The van der Waals surface area contributed by atoms with Crippen LogP contribution in [0.15, 0.2) is 41.8 Å². The number of halogens is 1. The van der Waals surface area contributed by atoms with Crippen LogP contribution in [0.3, 0.4) is 0 Å². The molecule has 4 rings (SSSR count). The van der Waals surface area contributed by atoms with Gasteiger partial charge in [0, 0.05) is 16.9 Å². The molecule has 0 spiro atoms. The second-order valence-electron chi connectivity index (χ2n) is 10.2. The van der Waals surface area contributed by atoms with E-state index in [-0.39, 0.29) is 5.95 Å². The highest BCUT2D eigenvalue weighted by atomic mass is 19.1. The quantitative estimate of drug-likeness (QED) is 0.350. The lowest BCUT2D eigenvalue weighted by Gasteiger charge is -2.40. The molecule has 0 unspecified atom stereocenters. The lowest BCUT2D eigenvalue weighted by atomic mass is 9.78. The number of pyridine rings is 1. The van der Waals surface area contributed by atoms with Gasteiger partial charge in [-0.3, -0.25) is 9.98 Å². The zero-order valence-corrected chi connectivity index (χ0v) is 24.4.